The summed E-state index contributed by atoms with van der Waals surface area (Å²) in [6.07, 6.45) is 10.1. The third kappa shape index (κ3) is 4.57. The first kappa shape index (κ1) is 22.5. The molecule has 4 aliphatic rings. The lowest BCUT2D eigenvalue weighted by Crippen LogP contribution is -2.56. The topological polar surface area (TPSA) is 83.4 Å². The molecule has 6 nitrogen and oxygen atoms in total. The zero-order valence-electron chi connectivity index (χ0n) is 19.4. The van der Waals surface area contributed by atoms with Crippen molar-refractivity contribution in [3.8, 4) is 17.6 Å². The van der Waals surface area contributed by atoms with Gasteiger partial charge >= 0.3 is 0 Å². The van der Waals surface area contributed by atoms with E-state index in [4.69, 9.17) is 9.47 Å². The van der Waals surface area contributed by atoms with E-state index in [0.717, 1.165) is 29.7 Å². The normalized spacial score (nSPS) is 29.2. The highest BCUT2D eigenvalue weighted by Gasteiger charge is 2.53. The maximum Gasteiger partial charge on any atom is 0.263 e. The molecule has 4 aliphatic carbocycles. The van der Waals surface area contributed by atoms with Gasteiger partial charge in [-0.1, -0.05) is 6.07 Å². The van der Waals surface area contributed by atoms with Crippen LogP contribution in [-0.2, 0) is 11.2 Å². The number of amides is 1. The average Bonchev–Trinajstić information content (AvgIpc) is 2.77. The first-order valence-electron chi connectivity index (χ1n) is 11.8. The second-order valence-electron chi connectivity index (χ2n) is 10.0. The third-order valence-electron chi connectivity index (χ3n) is 7.97. The number of nitrogens with zero attached hydrogens (tertiary/aromatic N) is 1. The Bertz CT molecular complexity index is 882. The van der Waals surface area contributed by atoms with Crippen LogP contribution in [0.15, 0.2) is 30.0 Å². The molecule has 1 aromatic rings. The molecule has 4 fully saturated rings. The summed E-state index contributed by atoms with van der Waals surface area (Å²) in [6.45, 7) is 2.75. The van der Waals surface area contributed by atoms with Gasteiger partial charge in [0.15, 0.2) is 11.5 Å². The van der Waals surface area contributed by atoms with Crippen molar-refractivity contribution in [1.82, 2.24) is 10.6 Å². The van der Waals surface area contributed by atoms with Crippen molar-refractivity contribution < 1.29 is 14.3 Å². The van der Waals surface area contributed by atoms with Crippen LogP contribution in [0.5, 0.6) is 11.5 Å². The van der Waals surface area contributed by atoms with Crippen molar-refractivity contribution in [1.29, 1.82) is 5.26 Å². The van der Waals surface area contributed by atoms with Gasteiger partial charge in [0, 0.05) is 18.8 Å². The Morgan fingerprint density at radius 1 is 1.16 bits per heavy atom. The fourth-order valence-electron chi connectivity index (χ4n) is 6.71. The standard InChI is InChI=1S/C26H35N3O3/c1-17(26-12-19-8-20(13-26)10-21(9-19)14-26)29-25(30)22(15-27)16-28-7-6-18-4-5-23(31-2)24(11-18)32-3/h4-5,11,16-17,19-21,28H,6-10,12-14H2,1-3H3,(H,29,30)/b22-16-. The Kier molecular flexibility index (Phi) is 6.64. The van der Waals surface area contributed by atoms with Gasteiger partial charge in [0.1, 0.15) is 11.6 Å². The number of ether oxygens (including phenoxy) is 2. The van der Waals surface area contributed by atoms with Crippen molar-refractivity contribution in [2.24, 2.45) is 23.2 Å². The third-order valence-corrected chi connectivity index (χ3v) is 7.97. The second-order valence-corrected chi connectivity index (χ2v) is 10.0. The van der Waals surface area contributed by atoms with Crippen molar-refractivity contribution in [2.45, 2.75) is 57.9 Å². The molecule has 4 saturated carbocycles. The smallest absolute Gasteiger partial charge is 0.263 e. The number of nitrogens with one attached hydrogen (secondary N) is 2. The van der Waals surface area contributed by atoms with Crippen molar-refractivity contribution in [3.05, 3.63) is 35.5 Å². The maximum atomic E-state index is 12.8. The van der Waals surface area contributed by atoms with E-state index in [2.05, 4.69) is 23.6 Å². The zero-order valence-corrected chi connectivity index (χ0v) is 19.4. The van der Waals surface area contributed by atoms with Crippen LogP contribution in [-0.4, -0.2) is 32.7 Å². The van der Waals surface area contributed by atoms with E-state index in [-0.39, 0.29) is 22.9 Å². The Morgan fingerprint density at radius 2 is 1.78 bits per heavy atom. The van der Waals surface area contributed by atoms with Gasteiger partial charge in [-0.05, 0) is 92.7 Å². The first-order chi connectivity index (χ1) is 15.5. The van der Waals surface area contributed by atoms with Gasteiger partial charge in [-0.15, -0.1) is 0 Å². The molecule has 32 heavy (non-hydrogen) atoms. The Labute approximate surface area is 191 Å². The predicted molar refractivity (Wildman–Crippen MR) is 123 cm³/mol. The molecule has 1 atom stereocenters. The van der Waals surface area contributed by atoms with E-state index in [0.29, 0.717) is 18.0 Å². The van der Waals surface area contributed by atoms with Crippen LogP contribution in [0.3, 0.4) is 0 Å². The molecule has 5 rings (SSSR count). The van der Waals surface area contributed by atoms with E-state index < -0.39 is 0 Å². The fraction of sp³-hybridized carbons (Fsp3) is 0.615. The molecular formula is C26H35N3O3. The summed E-state index contributed by atoms with van der Waals surface area (Å²) in [7, 11) is 3.23. The van der Waals surface area contributed by atoms with E-state index in [1.165, 1.54) is 38.5 Å². The highest BCUT2D eigenvalue weighted by Crippen LogP contribution is 2.61. The highest BCUT2D eigenvalue weighted by atomic mass is 16.5. The lowest BCUT2D eigenvalue weighted by Gasteiger charge is -2.59. The number of rotatable bonds is 9. The van der Waals surface area contributed by atoms with Gasteiger partial charge in [0.25, 0.3) is 5.91 Å². The predicted octanol–water partition coefficient (Wildman–Crippen LogP) is 3.96. The summed E-state index contributed by atoms with van der Waals surface area (Å²) in [6, 6.07) is 7.97. The summed E-state index contributed by atoms with van der Waals surface area (Å²) in [4.78, 5) is 12.8. The number of nitriles is 1. The second kappa shape index (κ2) is 9.44. The van der Waals surface area contributed by atoms with Gasteiger partial charge in [-0.25, -0.2) is 0 Å². The molecule has 0 aliphatic heterocycles. The molecule has 1 unspecified atom stereocenters. The highest BCUT2D eigenvalue weighted by molar-refractivity contribution is 5.97. The van der Waals surface area contributed by atoms with Crippen LogP contribution in [0.2, 0.25) is 0 Å². The van der Waals surface area contributed by atoms with Crippen molar-refractivity contribution in [2.75, 3.05) is 20.8 Å². The minimum absolute atomic E-state index is 0.104. The summed E-state index contributed by atoms with van der Waals surface area (Å²) in [5, 5.41) is 15.8. The van der Waals surface area contributed by atoms with Crippen molar-refractivity contribution >= 4 is 5.91 Å². The van der Waals surface area contributed by atoms with Gasteiger partial charge in [0.2, 0.25) is 0 Å². The molecule has 0 radical (unpaired) electrons. The number of methoxy groups -OCH3 is 2. The van der Waals surface area contributed by atoms with Crippen LogP contribution in [0.4, 0.5) is 0 Å². The number of carbonyl (C=O) groups is 1. The van der Waals surface area contributed by atoms with E-state index >= 15 is 0 Å². The van der Waals surface area contributed by atoms with Crippen LogP contribution in [0.1, 0.15) is 51.0 Å². The summed E-state index contributed by atoms with van der Waals surface area (Å²) >= 11 is 0. The van der Waals surface area contributed by atoms with Crippen LogP contribution >= 0.6 is 0 Å². The molecule has 0 heterocycles. The minimum atomic E-state index is -0.269. The van der Waals surface area contributed by atoms with Gasteiger partial charge in [-0.2, -0.15) is 5.26 Å². The van der Waals surface area contributed by atoms with Gasteiger partial charge < -0.3 is 20.1 Å². The molecule has 0 saturated heterocycles. The molecule has 172 valence electrons. The Hall–Kier alpha value is -2.68. The molecule has 1 amide bonds. The summed E-state index contributed by atoms with van der Waals surface area (Å²) in [5.41, 5.74) is 1.45. The van der Waals surface area contributed by atoms with Crippen LogP contribution < -0.4 is 20.1 Å². The SMILES string of the molecule is COc1ccc(CCN/C=C(/C#N)C(=O)NC(C)C23CC4CC(CC(C4)C2)C3)cc1OC. The average molecular weight is 438 g/mol. The lowest BCUT2D eigenvalue weighted by atomic mass is 9.48. The molecule has 1 aromatic carbocycles. The molecule has 0 aromatic heterocycles. The summed E-state index contributed by atoms with van der Waals surface area (Å²) in [5.74, 6) is 3.63. The molecular weight excluding hydrogens is 402 g/mol. The number of hydrogen-bond acceptors (Lipinski definition) is 5. The van der Waals surface area contributed by atoms with Gasteiger partial charge in [-0.3, -0.25) is 4.79 Å². The fourth-order valence-corrected chi connectivity index (χ4v) is 6.71. The quantitative estimate of drug-likeness (QED) is 0.347. The Balaban J connectivity index is 1.30. The van der Waals surface area contributed by atoms with Crippen LogP contribution in [0.25, 0.3) is 0 Å². The Morgan fingerprint density at radius 3 is 2.34 bits per heavy atom. The molecule has 0 spiro atoms. The van der Waals surface area contributed by atoms with Crippen molar-refractivity contribution in [3.63, 3.8) is 0 Å². The molecule has 4 bridgehead atoms. The summed E-state index contributed by atoms with van der Waals surface area (Å²) < 4.78 is 10.6. The van der Waals surface area contributed by atoms with E-state index in [9.17, 15) is 10.1 Å². The molecule has 2 N–H and O–H groups in total. The first-order valence-corrected chi connectivity index (χ1v) is 11.8. The number of benzene rings is 1. The van der Waals surface area contributed by atoms with E-state index in [1.807, 2.05) is 18.2 Å². The monoisotopic (exact) mass is 437 g/mol. The molecule has 6 heteroatoms. The largest absolute Gasteiger partial charge is 0.493 e. The maximum absolute atomic E-state index is 12.8. The number of carbonyl (C=O) groups excluding carboxylic acids is 1. The number of hydrogen-bond donors (Lipinski definition) is 2. The van der Waals surface area contributed by atoms with Crippen LogP contribution in [0, 0.1) is 34.5 Å². The minimum Gasteiger partial charge on any atom is -0.493 e. The van der Waals surface area contributed by atoms with E-state index in [1.54, 1.807) is 20.4 Å². The van der Waals surface area contributed by atoms with Gasteiger partial charge in [0.05, 0.1) is 14.2 Å². The lowest BCUT2D eigenvalue weighted by molar-refractivity contribution is -0.122. The zero-order chi connectivity index (χ0) is 22.7.